The molecule has 0 aliphatic carbocycles. The van der Waals surface area contributed by atoms with E-state index in [1.54, 1.807) is 0 Å². The molecule has 17 heavy (non-hydrogen) atoms. The molecule has 1 aromatic heterocycles. The van der Waals surface area contributed by atoms with Crippen LogP contribution < -0.4 is 10.5 Å². The van der Waals surface area contributed by atoms with E-state index in [1.165, 1.54) is 0 Å². The molecule has 8 heteroatoms. The number of nitrogens with zero attached hydrogens (tertiary/aromatic N) is 1. The number of methoxy groups -OCH3 is 1. The summed E-state index contributed by atoms with van der Waals surface area (Å²) in [5.74, 6) is -0.607. The van der Waals surface area contributed by atoms with Crippen LogP contribution in [0.25, 0.3) is 0 Å². The maximum absolute atomic E-state index is 12.5. The second-order valence-electron chi connectivity index (χ2n) is 3.07. The summed E-state index contributed by atoms with van der Waals surface area (Å²) in [5.41, 5.74) is 2.42. The van der Waals surface area contributed by atoms with E-state index >= 15 is 0 Å². The van der Waals surface area contributed by atoms with Gasteiger partial charge in [0.25, 0.3) is 6.43 Å². The minimum Gasteiger partial charge on any atom is -0.495 e. The Morgan fingerprint density at radius 3 is 2.35 bits per heavy atom. The number of hydrogen-bond acceptors (Lipinski definition) is 3. The molecule has 0 aliphatic rings. The summed E-state index contributed by atoms with van der Waals surface area (Å²) in [5, 5.41) is 0. The molecule has 3 nitrogen and oxygen atoms in total. The van der Waals surface area contributed by atoms with Gasteiger partial charge in [-0.1, -0.05) is 0 Å². The molecule has 96 valence electrons. The van der Waals surface area contributed by atoms with Crippen LogP contribution in [0.1, 0.15) is 23.4 Å². The third-order valence-corrected chi connectivity index (χ3v) is 2.02. The molecule has 1 rings (SSSR count). The number of halogens is 5. The Bertz CT molecular complexity index is 405. The summed E-state index contributed by atoms with van der Waals surface area (Å²) < 4.78 is 67.1. The first-order valence-corrected chi connectivity index (χ1v) is 4.44. The fourth-order valence-corrected chi connectivity index (χ4v) is 1.27. The zero-order valence-electron chi connectivity index (χ0n) is 8.68. The Balaban J connectivity index is 3.44. The van der Waals surface area contributed by atoms with Crippen molar-refractivity contribution in [1.29, 1.82) is 0 Å². The zero-order valence-corrected chi connectivity index (χ0v) is 8.68. The van der Waals surface area contributed by atoms with Crippen molar-refractivity contribution in [3.05, 3.63) is 23.0 Å². The minimum absolute atomic E-state index is 0.483. The Kier molecular flexibility index (Phi) is 3.87. The molecule has 0 aromatic carbocycles. The van der Waals surface area contributed by atoms with E-state index in [4.69, 9.17) is 5.73 Å². The summed E-state index contributed by atoms with van der Waals surface area (Å²) >= 11 is 0. The number of hydrogen-bond donors (Lipinski definition) is 1. The van der Waals surface area contributed by atoms with Crippen LogP contribution in [0, 0.1) is 0 Å². The third-order valence-electron chi connectivity index (χ3n) is 2.02. The number of nitrogens with two attached hydrogens (primary N) is 1. The van der Waals surface area contributed by atoms with Crippen LogP contribution in [0.5, 0.6) is 5.75 Å². The molecule has 0 saturated carbocycles. The van der Waals surface area contributed by atoms with Crippen LogP contribution in [-0.4, -0.2) is 12.1 Å². The summed E-state index contributed by atoms with van der Waals surface area (Å²) in [7, 11) is 0.991. The Hall–Kier alpha value is -1.44. The average Bonchev–Trinajstić information content (AvgIpc) is 2.25. The Labute approximate surface area is 93.4 Å². The van der Waals surface area contributed by atoms with Crippen LogP contribution in [0.2, 0.25) is 0 Å². The van der Waals surface area contributed by atoms with Crippen LogP contribution in [0.3, 0.4) is 0 Å². The van der Waals surface area contributed by atoms with E-state index in [-0.39, 0.29) is 0 Å². The highest BCUT2D eigenvalue weighted by Crippen LogP contribution is 2.36. The first kappa shape index (κ1) is 13.6. The second kappa shape index (κ2) is 4.82. The van der Waals surface area contributed by atoms with Crippen molar-refractivity contribution in [2.24, 2.45) is 5.73 Å². The van der Waals surface area contributed by atoms with Crippen molar-refractivity contribution >= 4 is 0 Å². The number of ether oxygens (including phenoxy) is 1. The highest BCUT2D eigenvalue weighted by Gasteiger charge is 2.36. The summed E-state index contributed by atoms with van der Waals surface area (Å²) in [4.78, 5) is 3.21. The molecule has 0 fully saturated rings. The molecule has 0 aliphatic heterocycles. The number of alkyl halides is 5. The molecule has 1 heterocycles. The SMILES string of the molecule is COc1cc(C(F)(F)F)c(CN)nc1C(F)F. The van der Waals surface area contributed by atoms with Gasteiger partial charge in [-0.3, -0.25) is 0 Å². The van der Waals surface area contributed by atoms with Gasteiger partial charge in [0, 0.05) is 6.54 Å². The van der Waals surface area contributed by atoms with Gasteiger partial charge in [-0.15, -0.1) is 0 Å². The first-order chi connectivity index (χ1) is 7.81. The average molecular weight is 256 g/mol. The van der Waals surface area contributed by atoms with Gasteiger partial charge in [0.2, 0.25) is 0 Å². The second-order valence-corrected chi connectivity index (χ2v) is 3.07. The third kappa shape index (κ3) is 2.82. The van der Waals surface area contributed by atoms with E-state index in [2.05, 4.69) is 9.72 Å². The predicted molar refractivity (Wildman–Crippen MR) is 48.6 cm³/mol. The quantitative estimate of drug-likeness (QED) is 0.845. The number of rotatable bonds is 3. The van der Waals surface area contributed by atoms with Gasteiger partial charge in [0.1, 0.15) is 11.4 Å². The predicted octanol–water partition coefficient (Wildman–Crippen LogP) is 2.51. The monoisotopic (exact) mass is 256 g/mol. The Morgan fingerprint density at radius 2 is 2.00 bits per heavy atom. The lowest BCUT2D eigenvalue weighted by atomic mass is 10.1. The first-order valence-electron chi connectivity index (χ1n) is 4.44. The van der Waals surface area contributed by atoms with Gasteiger partial charge < -0.3 is 10.5 Å². The lowest BCUT2D eigenvalue weighted by molar-refractivity contribution is -0.138. The van der Waals surface area contributed by atoms with E-state index in [0.717, 1.165) is 7.11 Å². The normalized spacial score (nSPS) is 12.0. The van der Waals surface area contributed by atoms with Gasteiger partial charge in [-0.2, -0.15) is 13.2 Å². The molecular weight excluding hydrogens is 247 g/mol. The highest BCUT2D eigenvalue weighted by molar-refractivity contribution is 5.38. The molecular formula is C9H9F5N2O. The van der Waals surface area contributed by atoms with Gasteiger partial charge in [-0.25, -0.2) is 13.8 Å². The van der Waals surface area contributed by atoms with Gasteiger partial charge in [0.15, 0.2) is 0 Å². The van der Waals surface area contributed by atoms with Gasteiger partial charge in [-0.05, 0) is 6.07 Å². The van der Waals surface area contributed by atoms with Crippen molar-refractivity contribution in [1.82, 2.24) is 4.98 Å². The number of aromatic nitrogens is 1. The van der Waals surface area contributed by atoms with Crippen LogP contribution in [-0.2, 0) is 12.7 Å². The summed E-state index contributed by atoms with van der Waals surface area (Å²) in [6.07, 6.45) is -7.74. The molecule has 0 atom stereocenters. The molecule has 0 radical (unpaired) electrons. The molecule has 0 amide bonds. The van der Waals surface area contributed by atoms with Crippen LogP contribution in [0.4, 0.5) is 22.0 Å². The Morgan fingerprint density at radius 1 is 1.41 bits per heavy atom. The fraction of sp³-hybridized carbons (Fsp3) is 0.444. The maximum Gasteiger partial charge on any atom is 0.418 e. The molecule has 0 unspecified atom stereocenters. The topological polar surface area (TPSA) is 48.1 Å². The number of pyridine rings is 1. The van der Waals surface area contributed by atoms with Gasteiger partial charge >= 0.3 is 6.18 Å². The van der Waals surface area contributed by atoms with Crippen LogP contribution in [0.15, 0.2) is 6.07 Å². The summed E-state index contributed by atoms with van der Waals surface area (Å²) in [6.45, 7) is -0.585. The standard InChI is InChI=1S/C9H9F5N2O/c1-17-6-2-4(9(12,13)14)5(3-15)16-7(6)8(10)11/h2,8H,3,15H2,1H3. The van der Waals surface area contributed by atoms with Crippen LogP contribution >= 0.6 is 0 Å². The van der Waals surface area contributed by atoms with E-state index in [9.17, 15) is 22.0 Å². The molecule has 1 aromatic rings. The lowest BCUT2D eigenvalue weighted by Crippen LogP contribution is -2.16. The van der Waals surface area contributed by atoms with E-state index < -0.39 is 41.8 Å². The highest BCUT2D eigenvalue weighted by atomic mass is 19.4. The van der Waals surface area contributed by atoms with Crippen molar-refractivity contribution in [3.8, 4) is 5.75 Å². The molecule has 2 N–H and O–H groups in total. The van der Waals surface area contributed by atoms with Crippen molar-refractivity contribution < 1.29 is 26.7 Å². The van der Waals surface area contributed by atoms with Crippen molar-refractivity contribution in [2.75, 3.05) is 7.11 Å². The largest absolute Gasteiger partial charge is 0.495 e. The smallest absolute Gasteiger partial charge is 0.418 e. The fourth-order valence-electron chi connectivity index (χ4n) is 1.27. The van der Waals surface area contributed by atoms with E-state index in [0.29, 0.717) is 6.07 Å². The van der Waals surface area contributed by atoms with Crippen molar-refractivity contribution in [2.45, 2.75) is 19.1 Å². The molecule has 0 spiro atoms. The van der Waals surface area contributed by atoms with Crippen molar-refractivity contribution in [3.63, 3.8) is 0 Å². The zero-order chi connectivity index (χ0) is 13.2. The molecule has 0 bridgehead atoms. The van der Waals surface area contributed by atoms with Gasteiger partial charge in [0.05, 0.1) is 18.4 Å². The van der Waals surface area contributed by atoms with E-state index in [1.807, 2.05) is 0 Å². The lowest BCUT2D eigenvalue weighted by Gasteiger charge is -2.15. The molecule has 0 saturated heterocycles. The summed E-state index contributed by atoms with van der Waals surface area (Å²) in [6, 6.07) is 0.483. The maximum atomic E-state index is 12.5. The minimum atomic E-state index is -4.71.